The molecule has 0 aromatic carbocycles. The normalized spacial score (nSPS) is 22.5. The summed E-state index contributed by atoms with van der Waals surface area (Å²) in [6.45, 7) is 12.7. The minimum Gasteiger partial charge on any atom is -0.468 e. The number of nitrogens with zero attached hydrogens (tertiary/aromatic N) is 3. The first-order valence-electron chi connectivity index (χ1n) is 9.41. The van der Waals surface area contributed by atoms with E-state index in [-0.39, 0.29) is 30.0 Å². The summed E-state index contributed by atoms with van der Waals surface area (Å²) in [5.41, 5.74) is 0. The summed E-state index contributed by atoms with van der Waals surface area (Å²) in [5.74, 6) is 2.45. The van der Waals surface area contributed by atoms with Crippen molar-refractivity contribution in [3.05, 3.63) is 24.2 Å². The lowest BCUT2D eigenvalue weighted by atomic mass is 10.1. The van der Waals surface area contributed by atoms with Crippen molar-refractivity contribution in [2.24, 2.45) is 10.9 Å². The minimum absolute atomic E-state index is 0. The van der Waals surface area contributed by atoms with Crippen LogP contribution in [0.15, 0.2) is 27.8 Å². The van der Waals surface area contributed by atoms with Gasteiger partial charge in [-0.2, -0.15) is 0 Å². The lowest BCUT2D eigenvalue weighted by Gasteiger charge is -2.23. The topological polar surface area (TPSA) is 56.0 Å². The smallest absolute Gasteiger partial charge is 0.191 e. The average Bonchev–Trinajstić information content (AvgIpc) is 3.18. The molecule has 0 saturated carbocycles. The zero-order valence-corrected chi connectivity index (χ0v) is 19.4. The Labute approximate surface area is 175 Å². The van der Waals surface area contributed by atoms with Crippen LogP contribution in [0.4, 0.5) is 0 Å². The third kappa shape index (κ3) is 6.42. The highest BCUT2D eigenvalue weighted by atomic mass is 127. The van der Waals surface area contributed by atoms with Crippen LogP contribution in [0.2, 0.25) is 0 Å². The summed E-state index contributed by atoms with van der Waals surface area (Å²) in [6, 6.07) is 5.10. The molecule has 0 aliphatic carbocycles. The maximum atomic E-state index is 5.58. The van der Waals surface area contributed by atoms with Crippen molar-refractivity contribution in [1.29, 1.82) is 0 Å². The molecular formula is C19H36IN5O. The summed E-state index contributed by atoms with van der Waals surface area (Å²) in [7, 11) is 4.12. The molecule has 1 fully saturated rings. The largest absolute Gasteiger partial charge is 0.468 e. The lowest BCUT2D eigenvalue weighted by Crippen LogP contribution is -2.47. The molecule has 1 aromatic heterocycles. The first-order chi connectivity index (χ1) is 11.9. The first kappa shape index (κ1) is 23.2. The van der Waals surface area contributed by atoms with Gasteiger partial charge in [-0.3, -0.25) is 14.8 Å². The number of halogens is 1. The van der Waals surface area contributed by atoms with Gasteiger partial charge in [0.25, 0.3) is 0 Å². The summed E-state index contributed by atoms with van der Waals surface area (Å²) < 4.78 is 5.58. The molecule has 6 nitrogen and oxygen atoms in total. The highest BCUT2D eigenvalue weighted by molar-refractivity contribution is 14.0. The van der Waals surface area contributed by atoms with Gasteiger partial charge in [0.05, 0.1) is 18.8 Å². The van der Waals surface area contributed by atoms with Gasteiger partial charge in [0.15, 0.2) is 5.96 Å². The van der Waals surface area contributed by atoms with E-state index in [4.69, 9.17) is 9.41 Å². The van der Waals surface area contributed by atoms with Crippen LogP contribution in [0.1, 0.15) is 39.5 Å². The zero-order chi connectivity index (χ0) is 18.4. The van der Waals surface area contributed by atoms with Crippen LogP contribution in [0.25, 0.3) is 0 Å². The third-order valence-corrected chi connectivity index (χ3v) is 4.95. The van der Waals surface area contributed by atoms with E-state index < -0.39 is 0 Å². The Morgan fingerprint density at radius 2 is 2.12 bits per heavy atom. The Morgan fingerprint density at radius 1 is 1.38 bits per heavy atom. The van der Waals surface area contributed by atoms with E-state index in [1.54, 1.807) is 6.26 Å². The van der Waals surface area contributed by atoms with Crippen molar-refractivity contribution in [1.82, 2.24) is 20.4 Å². The van der Waals surface area contributed by atoms with Gasteiger partial charge in [0, 0.05) is 31.7 Å². The Morgan fingerprint density at radius 3 is 2.62 bits per heavy atom. The monoisotopic (exact) mass is 477 g/mol. The Balaban J connectivity index is 0.00000338. The molecule has 3 unspecified atom stereocenters. The van der Waals surface area contributed by atoms with Crippen molar-refractivity contribution in [3.8, 4) is 0 Å². The lowest BCUT2D eigenvalue weighted by molar-refractivity contribution is 0.264. The Kier molecular flexibility index (Phi) is 9.95. The third-order valence-electron chi connectivity index (χ3n) is 4.95. The zero-order valence-electron chi connectivity index (χ0n) is 17.0. The molecule has 0 spiro atoms. The van der Waals surface area contributed by atoms with Crippen LogP contribution in [0.3, 0.4) is 0 Å². The van der Waals surface area contributed by atoms with Gasteiger partial charge in [-0.1, -0.05) is 6.92 Å². The number of guanidine groups is 1. The van der Waals surface area contributed by atoms with Gasteiger partial charge in [0.2, 0.25) is 0 Å². The predicted octanol–water partition coefficient (Wildman–Crippen LogP) is 2.78. The van der Waals surface area contributed by atoms with Crippen LogP contribution in [0.5, 0.6) is 0 Å². The molecule has 26 heavy (non-hydrogen) atoms. The van der Waals surface area contributed by atoms with Crippen LogP contribution >= 0.6 is 24.0 Å². The number of hydrogen-bond donors (Lipinski definition) is 2. The molecule has 0 radical (unpaired) electrons. The molecule has 3 atom stereocenters. The van der Waals surface area contributed by atoms with E-state index in [9.17, 15) is 0 Å². The Hall–Kier alpha value is -0.800. The number of furan rings is 1. The second-order valence-electron chi connectivity index (χ2n) is 7.49. The molecule has 0 bridgehead atoms. The van der Waals surface area contributed by atoms with Gasteiger partial charge in [-0.15, -0.1) is 24.0 Å². The number of likely N-dealkylation sites (N-methyl/N-ethyl adjacent to an activating group) is 1. The summed E-state index contributed by atoms with van der Waals surface area (Å²) in [5, 5.41) is 7.02. The van der Waals surface area contributed by atoms with E-state index >= 15 is 0 Å². The number of hydrogen-bond acceptors (Lipinski definition) is 4. The Bertz CT molecular complexity index is 532. The molecule has 2 rings (SSSR count). The molecule has 1 saturated heterocycles. The van der Waals surface area contributed by atoms with Crippen LogP contribution in [0, 0.1) is 5.92 Å². The van der Waals surface area contributed by atoms with E-state index in [0.717, 1.165) is 31.4 Å². The average molecular weight is 477 g/mol. The predicted molar refractivity (Wildman–Crippen MR) is 119 cm³/mol. The van der Waals surface area contributed by atoms with Crippen molar-refractivity contribution < 1.29 is 4.42 Å². The molecule has 7 heteroatoms. The second-order valence-corrected chi connectivity index (χ2v) is 7.49. The van der Waals surface area contributed by atoms with E-state index in [1.165, 1.54) is 0 Å². The molecular weight excluding hydrogens is 441 g/mol. The van der Waals surface area contributed by atoms with Crippen LogP contribution in [-0.4, -0.2) is 68.1 Å². The number of rotatable bonds is 7. The summed E-state index contributed by atoms with van der Waals surface area (Å²) in [4.78, 5) is 9.50. The number of aliphatic imine (C=N–C) groups is 1. The molecule has 1 aliphatic rings. The standard InChI is InChI=1S/C19H35N5O.HI/c1-7-20-19(22-16-13-24(14(2)3)12-15(16)4)21-11-17(23(5)6)18-9-8-10-25-18;/h8-10,14-17H,7,11-13H2,1-6H3,(H2,20,21,22);1H. The van der Waals surface area contributed by atoms with Gasteiger partial charge in [0.1, 0.15) is 5.76 Å². The SMILES string of the molecule is CCNC(=NCC(c1ccco1)N(C)C)NC1CN(C(C)C)CC1C.I. The van der Waals surface area contributed by atoms with Crippen molar-refractivity contribution in [2.45, 2.75) is 45.8 Å². The molecule has 2 N–H and O–H groups in total. The van der Waals surface area contributed by atoms with Gasteiger partial charge in [-0.05, 0) is 52.9 Å². The van der Waals surface area contributed by atoms with Crippen LogP contribution < -0.4 is 10.6 Å². The van der Waals surface area contributed by atoms with Gasteiger partial charge < -0.3 is 15.1 Å². The number of nitrogens with one attached hydrogen (secondary N) is 2. The molecule has 2 heterocycles. The fourth-order valence-electron chi connectivity index (χ4n) is 3.28. The van der Waals surface area contributed by atoms with Crippen molar-refractivity contribution in [2.75, 3.05) is 40.3 Å². The summed E-state index contributed by atoms with van der Waals surface area (Å²) >= 11 is 0. The highest BCUT2D eigenvalue weighted by Gasteiger charge is 2.31. The molecule has 1 aliphatic heterocycles. The van der Waals surface area contributed by atoms with Crippen molar-refractivity contribution >= 4 is 29.9 Å². The van der Waals surface area contributed by atoms with E-state index in [1.807, 2.05) is 12.1 Å². The minimum atomic E-state index is 0. The quantitative estimate of drug-likeness (QED) is 0.360. The van der Waals surface area contributed by atoms with Gasteiger partial charge in [-0.25, -0.2) is 0 Å². The maximum Gasteiger partial charge on any atom is 0.191 e. The second kappa shape index (κ2) is 11.1. The highest BCUT2D eigenvalue weighted by Crippen LogP contribution is 2.20. The molecule has 0 amide bonds. The van der Waals surface area contributed by atoms with Crippen LogP contribution in [-0.2, 0) is 0 Å². The van der Waals surface area contributed by atoms with Crippen molar-refractivity contribution in [3.63, 3.8) is 0 Å². The van der Waals surface area contributed by atoms with Gasteiger partial charge >= 0.3 is 0 Å². The van der Waals surface area contributed by atoms with E-state index in [0.29, 0.717) is 24.5 Å². The maximum absolute atomic E-state index is 5.58. The fourth-order valence-corrected chi connectivity index (χ4v) is 3.28. The molecule has 1 aromatic rings. The number of likely N-dealkylation sites (tertiary alicyclic amines) is 1. The van der Waals surface area contributed by atoms with E-state index in [2.05, 4.69) is 62.2 Å². The molecule has 150 valence electrons. The fraction of sp³-hybridized carbons (Fsp3) is 0.737. The first-order valence-corrected chi connectivity index (χ1v) is 9.41. The summed E-state index contributed by atoms with van der Waals surface area (Å²) in [6.07, 6.45) is 1.72.